The summed E-state index contributed by atoms with van der Waals surface area (Å²) in [7, 11) is 0. The van der Waals surface area contributed by atoms with Gasteiger partial charge >= 0.3 is 0 Å². The molecule has 3 N–H and O–H groups in total. The van der Waals surface area contributed by atoms with E-state index >= 15 is 0 Å². The molecular weight excluding hydrogens is 240 g/mol. The molecule has 0 radical (unpaired) electrons. The molecule has 0 saturated carbocycles. The molecule has 2 rings (SSSR count). The first-order chi connectivity index (χ1) is 9.06. The number of anilines is 1. The number of nitrogens with one attached hydrogen (secondary N) is 1. The molecule has 1 amide bonds. The summed E-state index contributed by atoms with van der Waals surface area (Å²) in [5.41, 5.74) is 7.83. The Morgan fingerprint density at radius 1 is 1.47 bits per heavy atom. The topological polar surface area (TPSA) is 71.2 Å². The molecule has 1 saturated heterocycles. The predicted molar refractivity (Wildman–Crippen MR) is 75.9 cm³/mol. The number of carbonyl (C=O) groups is 1. The summed E-state index contributed by atoms with van der Waals surface area (Å²) in [6.07, 6.45) is 3.85. The van der Waals surface area contributed by atoms with Crippen molar-refractivity contribution in [3.8, 4) is 0 Å². The zero-order valence-corrected chi connectivity index (χ0v) is 11.6. The van der Waals surface area contributed by atoms with E-state index < -0.39 is 0 Å². The maximum atomic E-state index is 11.0. The van der Waals surface area contributed by atoms with Crippen LogP contribution >= 0.6 is 0 Å². The minimum atomic E-state index is -0.0282. The number of hydrogen-bond donors (Lipinski definition) is 2. The minimum absolute atomic E-state index is 0.0282. The normalized spacial score (nSPS) is 18.2. The number of piperidine rings is 1. The van der Waals surface area contributed by atoms with Crippen LogP contribution in [0.5, 0.6) is 0 Å². The lowest BCUT2D eigenvalue weighted by molar-refractivity contribution is -0.119. The van der Waals surface area contributed by atoms with E-state index in [-0.39, 0.29) is 11.9 Å². The van der Waals surface area contributed by atoms with Crippen LogP contribution in [0.1, 0.15) is 38.4 Å². The molecule has 0 bridgehead atoms. The number of aromatic nitrogens is 1. The predicted octanol–water partition coefficient (Wildman–Crippen LogP) is 1.21. The molecule has 5 heteroatoms. The average Bonchev–Trinajstić information content (AvgIpc) is 2.39. The fraction of sp³-hybridized carbons (Fsp3) is 0.571. The van der Waals surface area contributed by atoms with Crippen LogP contribution in [-0.4, -0.2) is 30.0 Å². The second-order valence-corrected chi connectivity index (χ2v) is 5.19. The molecule has 1 unspecified atom stereocenters. The Bertz CT molecular complexity index is 422. The molecule has 1 aliphatic rings. The lowest BCUT2D eigenvalue weighted by Gasteiger charge is -2.33. The van der Waals surface area contributed by atoms with Gasteiger partial charge in [0.15, 0.2) is 0 Å². The second kappa shape index (κ2) is 6.02. The Hall–Kier alpha value is -1.62. The highest BCUT2D eigenvalue weighted by molar-refractivity contribution is 5.73. The van der Waals surface area contributed by atoms with Gasteiger partial charge in [-0.2, -0.15) is 0 Å². The van der Waals surface area contributed by atoms with Gasteiger partial charge in [-0.1, -0.05) is 0 Å². The Balaban J connectivity index is 1.92. The molecular formula is C14H22N4O. The molecule has 1 atom stereocenters. The van der Waals surface area contributed by atoms with Crippen molar-refractivity contribution >= 4 is 11.6 Å². The van der Waals surface area contributed by atoms with Gasteiger partial charge < -0.3 is 16.0 Å². The van der Waals surface area contributed by atoms with Crippen LogP contribution in [0.3, 0.4) is 0 Å². The van der Waals surface area contributed by atoms with E-state index in [4.69, 9.17) is 5.73 Å². The summed E-state index contributed by atoms with van der Waals surface area (Å²) in [6, 6.07) is 4.34. The third kappa shape index (κ3) is 3.67. The summed E-state index contributed by atoms with van der Waals surface area (Å²) in [4.78, 5) is 17.7. The van der Waals surface area contributed by atoms with E-state index in [0.29, 0.717) is 6.04 Å². The third-order valence-corrected chi connectivity index (χ3v) is 3.50. The lowest BCUT2D eigenvalue weighted by Crippen LogP contribution is -2.44. The van der Waals surface area contributed by atoms with Crippen LogP contribution in [-0.2, 0) is 4.79 Å². The van der Waals surface area contributed by atoms with Crippen molar-refractivity contribution in [3.05, 3.63) is 24.0 Å². The highest BCUT2D eigenvalue weighted by atomic mass is 16.1. The molecule has 19 heavy (non-hydrogen) atoms. The second-order valence-electron chi connectivity index (χ2n) is 5.19. The summed E-state index contributed by atoms with van der Waals surface area (Å²) in [6.45, 7) is 5.40. The van der Waals surface area contributed by atoms with Crippen LogP contribution in [0.15, 0.2) is 18.3 Å². The van der Waals surface area contributed by atoms with Gasteiger partial charge in [-0.3, -0.25) is 9.78 Å². The maximum absolute atomic E-state index is 11.0. The van der Waals surface area contributed by atoms with E-state index in [0.717, 1.165) is 37.3 Å². The average molecular weight is 262 g/mol. The summed E-state index contributed by atoms with van der Waals surface area (Å²) in [5, 5.41) is 2.98. The fourth-order valence-corrected chi connectivity index (χ4v) is 2.42. The van der Waals surface area contributed by atoms with E-state index in [2.05, 4.69) is 21.3 Å². The van der Waals surface area contributed by atoms with Crippen LogP contribution in [0, 0.1) is 0 Å². The molecule has 2 heterocycles. The first-order valence-corrected chi connectivity index (χ1v) is 6.80. The molecule has 5 nitrogen and oxygen atoms in total. The lowest BCUT2D eigenvalue weighted by atomic mass is 10.0. The molecule has 0 aromatic carbocycles. The van der Waals surface area contributed by atoms with Crippen molar-refractivity contribution < 1.29 is 4.79 Å². The molecule has 104 valence electrons. The van der Waals surface area contributed by atoms with Crippen molar-refractivity contribution in [1.82, 2.24) is 10.3 Å². The number of nitrogens with zero attached hydrogens (tertiary/aromatic N) is 2. The first kappa shape index (κ1) is 13.8. The SMILES string of the molecule is CC(=O)NC1CCN(c2ccc(C(C)N)nc2)CC1. The molecule has 1 fully saturated rings. The minimum Gasteiger partial charge on any atom is -0.370 e. The van der Waals surface area contributed by atoms with E-state index in [1.54, 1.807) is 6.92 Å². The highest BCUT2D eigenvalue weighted by Gasteiger charge is 2.20. The van der Waals surface area contributed by atoms with Gasteiger partial charge in [0, 0.05) is 32.1 Å². The van der Waals surface area contributed by atoms with Gasteiger partial charge in [0.05, 0.1) is 17.6 Å². The number of amides is 1. The largest absolute Gasteiger partial charge is 0.370 e. The molecule has 0 aliphatic carbocycles. The molecule has 0 spiro atoms. The number of rotatable bonds is 3. The summed E-state index contributed by atoms with van der Waals surface area (Å²) < 4.78 is 0. The smallest absolute Gasteiger partial charge is 0.217 e. The Labute approximate surface area is 114 Å². The number of hydrogen-bond acceptors (Lipinski definition) is 4. The van der Waals surface area contributed by atoms with Crippen molar-refractivity contribution in [3.63, 3.8) is 0 Å². The third-order valence-electron chi connectivity index (χ3n) is 3.50. The van der Waals surface area contributed by atoms with Gasteiger partial charge in [-0.25, -0.2) is 0 Å². The standard InChI is InChI=1S/C14H22N4O/c1-10(15)14-4-3-13(9-16-14)18-7-5-12(6-8-18)17-11(2)19/h3-4,9-10,12H,5-8,15H2,1-2H3,(H,17,19). The Morgan fingerprint density at radius 2 is 2.16 bits per heavy atom. The van der Waals surface area contributed by atoms with E-state index in [1.807, 2.05) is 19.2 Å². The number of nitrogens with two attached hydrogens (primary N) is 1. The van der Waals surface area contributed by atoms with Crippen LogP contribution in [0.2, 0.25) is 0 Å². The van der Waals surface area contributed by atoms with Gasteiger partial charge in [0.25, 0.3) is 0 Å². The highest BCUT2D eigenvalue weighted by Crippen LogP contribution is 2.20. The van der Waals surface area contributed by atoms with Crippen molar-refractivity contribution in [2.24, 2.45) is 5.73 Å². The molecule has 1 aliphatic heterocycles. The zero-order valence-electron chi connectivity index (χ0n) is 11.6. The Morgan fingerprint density at radius 3 is 2.63 bits per heavy atom. The van der Waals surface area contributed by atoms with Gasteiger partial charge in [0.2, 0.25) is 5.91 Å². The zero-order chi connectivity index (χ0) is 13.8. The first-order valence-electron chi connectivity index (χ1n) is 6.80. The molecule has 1 aromatic rings. The van der Waals surface area contributed by atoms with E-state index in [1.165, 1.54) is 0 Å². The number of pyridine rings is 1. The Kier molecular flexibility index (Phi) is 4.37. The van der Waals surface area contributed by atoms with Gasteiger partial charge in [0.1, 0.15) is 0 Å². The monoisotopic (exact) mass is 262 g/mol. The van der Waals surface area contributed by atoms with Gasteiger partial charge in [-0.15, -0.1) is 0 Å². The maximum Gasteiger partial charge on any atom is 0.217 e. The van der Waals surface area contributed by atoms with E-state index in [9.17, 15) is 4.79 Å². The van der Waals surface area contributed by atoms with Crippen molar-refractivity contribution in [2.45, 2.75) is 38.8 Å². The quantitative estimate of drug-likeness (QED) is 0.859. The van der Waals surface area contributed by atoms with Gasteiger partial charge in [-0.05, 0) is 31.9 Å². The van der Waals surface area contributed by atoms with Crippen molar-refractivity contribution in [1.29, 1.82) is 0 Å². The fourth-order valence-electron chi connectivity index (χ4n) is 2.42. The van der Waals surface area contributed by atoms with Crippen LogP contribution in [0.4, 0.5) is 5.69 Å². The summed E-state index contributed by atoms with van der Waals surface area (Å²) >= 11 is 0. The van der Waals surface area contributed by atoms with Crippen molar-refractivity contribution in [2.75, 3.05) is 18.0 Å². The number of carbonyl (C=O) groups excluding carboxylic acids is 1. The van der Waals surface area contributed by atoms with Crippen LogP contribution < -0.4 is 16.0 Å². The molecule has 1 aromatic heterocycles. The summed E-state index contributed by atoms with van der Waals surface area (Å²) in [5.74, 6) is 0.0569. The van der Waals surface area contributed by atoms with Crippen LogP contribution in [0.25, 0.3) is 0 Å².